The van der Waals surface area contributed by atoms with Crippen molar-refractivity contribution in [2.24, 2.45) is 5.73 Å². The molecule has 1 aliphatic heterocycles. The number of nitrogens with one attached hydrogen (secondary N) is 2. The summed E-state index contributed by atoms with van der Waals surface area (Å²) in [6.07, 6.45) is 0. The van der Waals surface area contributed by atoms with Crippen molar-refractivity contribution in [2.45, 2.75) is 13.1 Å². The van der Waals surface area contributed by atoms with Gasteiger partial charge in [-0.2, -0.15) is 0 Å². The molecule has 0 atom stereocenters. The largest absolute Gasteiger partial charge is 0.348 e. The number of nitrogens with zero attached hydrogens (tertiary/aromatic N) is 1. The Morgan fingerprint density at radius 1 is 1.00 bits per heavy atom. The molecule has 0 aromatic heterocycles. The zero-order chi connectivity index (χ0) is 22.7. The van der Waals surface area contributed by atoms with Crippen molar-refractivity contribution in [3.63, 3.8) is 0 Å². The van der Waals surface area contributed by atoms with E-state index in [-0.39, 0.29) is 18.0 Å². The predicted molar refractivity (Wildman–Crippen MR) is 119 cm³/mol. The van der Waals surface area contributed by atoms with E-state index in [0.29, 0.717) is 30.0 Å². The summed E-state index contributed by atoms with van der Waals surface area (Å²) < 4.78 is 13.5. The summed E-state index contributed by atoms with van der Waals surface area (Å²) in [4.78, 5) is 39.0. The van der Waals surface area contributed by atoms with Crippen LogP contribution in [0.25, 0.3) is 0 Å². The normalized spacial score (nSPS) is 12.7. The van der Waals surface area contributed by atoms with Crippen molar-refractivity contribution in [2.75, 3.05) is 16.8 Å². The fourth-order valence-corrected chi connectivity index (χ4v) is 3.54. The van der Waals surface area contributed by atoms with Gasteiger partial charge >= 0.3 is 0 Å². The number of amides is 3. The second-order valence-corrected chi connectivity index (χ2v) is 7.39. The fourth-order valence-electron chi connectivity index (χ4n) is 3.54. The molecule has 32 heavy (non-hydrogen) atoms. The van der Waals surface area contributed by atoms with Gasteiger partial charge in [0.25, 0.3) is 11.8 Å². The van der Waals surface area contributed by atoms with E-state index in [9.17, 15) is 18.8 Å². The van der Waals surface area contributed by atoms with Crippen LogP contribution in [0.3, 0.4) is 0 Å². The molecule has 3 amide bonds. The number of fused-ring (bicyclic) bond motifs is 1. The summed E-state index contributed by atoms with van der Waals surface area (Å²) in [5, 5.41) is 5.53. The number of anilines is 2. The van der Waals surface area contributed by atoms with Crippen LogP contribution in [-0.4, -0.2) is 24.3 Å². The van der Waals surface area contributed by atoms with Gasteiger partial charge in [-0.3, -0.25) is 19.3 Å². The van der Waals surface area contributed by atoms with Crippen molar-refractivity contribution in [3.8, 4) is 0 Å². The maximum absolute atomic E-state index is 13.5. The van der Waals surface area contributed by atoms with E-state index >= 15 is 0 Å². The number of carbonyl (C=O) groups excluding carboxylic acids is 3. The van der Waals surface area contributed by atoms with Gasteiger partial charge in [0.2, 0.25) is 5.91 Å². The maximum atomic E-state index is 13.5. The lowest BCUT2D eigenvalue weighted by molar-refractivity contribution is -0.115. The molecule has 0 aliphatic carbocycles. The Hall–Kier alpha value is -4.04. The number of carbonyl (C=O) groups is 3. The Kier molecular flexibility index (Phi) is 5.96. The first-order valence-electron chi connectivity index (χ1n) is 10.0. The van der Waals surface area contributed by atoms with E-state index in [1.807, 2.05) is 24.3 Å². The van der Waals surface area contributed by atoms with Crippen LogP contribution in [0, 0.1) is 5.82 Å². The molecule has 0 radical (unpaired) electrons. The number of hydrogen-bond donors (Lipinski definition) is 3. The van der Waals surface area contributed by atoms with Gasteiger partial charge < -0.3 is 16.4 Å². The molecule has 4 N–H and O–H groups in total. The molecule has 1 aliphatic rings. The first-order chi connectivity index (χ1) is 15.4. The minimum atomic E-state index is -0.540. The predicted octanol–water partition coefficient (Wildman–Crippen LogP) is 2.81. The van der Waals surface area contributed by atoms with Gasteiger partial charge in [0.15, 0.2) is 0 Å². The molecule has 0 bridgehead atoms. The lowest BCUT2D eigenvalue weighted by atomic mass is 10.1. The summed E-state index contributed by atoms with van der Waals surface area (Å²) in [6.45, 7) is 0.531. The Balaban J connectivity index is 1.54. The molecule has 0 fully saturated rings. The Morgan fingerprint density at radius 2 is 1.78 bits per heavy atom. The van der Waals surface area contributed by atoms with E-state index < -0.39 is 17.6 Å². The quantitative estimate of drug-likeness (QED) is 0.577. The highest BCUT2D eigenvalue weighted by Gasteiger charge is 2.28. The number of halogens is 1. The lowest BCUT2D eigenvalue weighted by Gasteiger charge is -2.29. The zero-order valence-corrected chi connectivity index (χ0v) is 17.1. The molecule has 3 aromatic carbocycles. The van der Waals surface area contributed by atoms with Gasteiger partial charge in [-0.15, -0.1) is 0 Å². The number of hydrogen-bond acceptors (Lipinski definition) is 4. The summed E-state index contributed by atoms with van der Waals surface area (Å²) in [5.74, 6) is -1.77. The van der Waals surface area contributed by atoms with Crippen LogP contribution in [0.5, 0.6) is 0 Å². The number of nitrogens with two attached hydrogens (primary N) is 1. The molecule has 0 saturated carbocycles. The third kappa shape index (κ3) is 4.50. The third-order valence-corrected chi connectivity index (χ3v) is 5.12. The van der Waals surface area contributed by atoms with Gasteiger partial charge in [0.05, 0.1) is 11.4 Å². The molecule has 3 aromatic rings. The topological polar surface area (TPSA) is 105 Å². The van der Waals surface area contributed by atoms with Crippen molar-refractivity contribution < 1.29 is 18.8 Å². The van der Waals surface area contributed by atoms with Crippen LogP contribution in [0.15, 0.2) is 66.7 Å². The standard InChI is InChI=1S/C24H21FN4O3/c25-19-6-2-5-18(10-19)24(32)29-14-22(30)28-20-11-17(7-8-21(20)29)23(31)27-13-16-4-1-3-15(9-16)12-26/h1-11H,12-14,26H2,(H,27,31)(H,28,30). The van der Waals surface area contributed by atoms with Crippen molar-refractivity contribution in [1.82, 2.24) is 5.32 Å². The van der Waals surface area contributed by atoms with Gasteiger partial charge in [0.1, 0.15) is 12.4 Å². The molecule has 162 valence electrons. The van der Waals surface area contributed by atoms with E-state index in [2.05, 4.69) is 10.6 Å². The number of rotatable bonds is 5. The van der Waals surface area contributed by atoms with Crippen LogP contribution >= 0.6 is 0 Å². The highest BCUT2D eigenvalue weighted by Crippen LogP contribution is 2.31. The summed E-state index contributed by atoms with van der Waals surface area (Å²) in [6, 6.07) is 17.6. The lowest BCUT2D eigenvalue weighted by Crippen LogP contribution is -2.42. The monoisotopic (exact) mass is 432 g/mol. The smallest absolute Gasteiger partial charge is 0.258 e. The molecule has 1 heterocycles. The Labute approximate surface area is 184 Å². The SMILES string of the molecule is NCc1cccc(CNC(=O)c2ccc3c(c2)NC(=O)CN3C(=O)c2cccc(F)c2)c1. The molecule has 8 heteroatoms. The first kappa shape index (κ1) is 21.2. The molecule has 0 unspecified atom stereocenters. The highest BCUT2D eigenvalue weighted by atomic mass is 19.1. The van der Waals surface area contributed by atoms with Crippen LogP contribution in [0.2, 0.25) is 0 Å². The fraction of sp³-hybridized carbons (Fsp3) is 0.125. The molecular weight excluding hydrogens is 411 g/mol. The third-order valence-electron chi connectivity index (χ3n) is 5.12. The van der Waals surface area contributed by atoms with E-state index in [0.717, 1.165) is 17.2 Å². The molecule has 7 nitrogen and oxygen atoms in total. The minimum Gasteiger partial charge on any atom is -0.348 e. The van der Waals surface area contributed by atoms with Gasteiger partial charge in [-0.1, -0.05) is 30.3 Å². The van der Waals surface area contributed by atoms with Crippen LogP contribution in [0.4, 0.5) is 15.8 Å². The van der Waals surface area contributed by atoms with Crippen molar-refractivity contribution >= 4 is 29.1 Å². The van der Waals surface area contributed by atoms with Crippen molar-refractivity contribution in [3.05, 3.63) is 94.8 Å². The maximum Gasteiger partial charge on any atom is 0.258 e. The van der Waals surface area contributed by atoms with Gasteiger partial charge in [0, 0.05) is 24.2 Å². The van der Waals surface area contributed by atoms with Crippen molar-refractivity contribution in [1.29, 1.82) is 0 Å². The molecule has 0 saturated heterocycles. The summed E-state index contributed by atoms with van der Waals surface area (Å²) in [5.41, 5.74) is 8.77. The Morgan fingerprint density at radius 3 is 2.56 bits per heavy atom. The van der Waals surface area contributed by atoms with Crippen LogP contribution < -0.4 is 21.3 Å². The van der Waals surface area contributed by atoms with E-state index in [4.69, 9.17) is 5.73 Å². The average molecular weight is 432 g/mol. The molecule has 0 spiro atoms. The summed E-state index contributed by atoms with van der Waals surface area (Å²) >= 11 is 0. The minimum absolute atomic E-state index is 0.132. The number of benzene rings is 3. The molecular formula is C24H21FN4O3. The zero-order valence-electron chi connectivity index (χ0n) is 17.1. The summed E-state index contributed by atoms with van der Waals surface area (Å²) in [7, 11) is 0. The second-order valence-electron chi connectivity index (χ2n) is 7.39. The van der Waals surface area contributed by atoms with Crippen LogP contribution in [0.1, 0.15) is 31.8 Å². The second kappa shape index (κ2) is 8.99. The first-order valence-corrected chi connectivity index (χ1v) is 10.0. The molecule has 4 rings (SSSR count). The van der Waals surface area contributed by atoms with E-state index in [1.165, 1.54) is 29.2 Å². The van der Waals surface area contributed by atoms with Gasteiger partial charge in [-0.25, -0.2) is 4.39 Å². The van der Waals surface area contributed by atoms with Gasteiger partial charge in [-0.05, 0) is 47.5 Å². The van der Waals surface area contributed by atoms with Crippen LogP contribution in [-0.2, 0) is 17.9 Å². The Bertz CT molecular complexity index is 1210. The van der Waals surface area contributed by atoms with E-state index in [1.54, 1.807) is 12.1 Å². The highest BCUT2D eigenvalue weighted by molar-refractivity contribution is 6.15. The average Bonchev–Trinajstić information content (AvgIpc) is 2.81.